The van der Waals surface area contributed by atoms with E-state index in [9.17, 15) is 5.11 Å². The van der Waals surface area contributed by atoms with E-state index in [0.717, 1.165) is 46.4 Å². The lowest BCUT2D eigenvalue weighted by Crippen LogP contribution is -2.36. The molecule has 0 aliphatic rings. The number of hydrogen-bond donors (Lipinski definition) is 3. The molecule has 0 unspecified atom stereocenters. The van der Waals surface area contributed by atoms with Gasteiger partial charge >= 0.3 is 0 Å². The number of ether oxygens (including phenoxy) is 1. The maximum Gasteiger partial charge on any atom is 0.128 e. The topological polar surface area (TPSA) is 57.3 Å². The molecule has 0 fully saturated rings. The quantitative estimate of drug-likeness (QED) is 0.549. The van der Waals surface area contributed by atoms with Crippen molar-refractivity contribution in [3.8, 4) is 17.0 Å². The van der Waals surface area contributed by atoms with Crippen LogP contribution in [-0.2, 0) is 6.61 Å². The van der Waals surface area contributed by atoms with Crippen molar-refractivity contribution >= 4 is 10.9 Å². The van der Waals surface area contributed by atoms with Gasteiger partial charge in [-0.3, -0.25) is 0 Å². The van der Waals surface area contributed by atoms with E-state index >= 15 is 0 Å². The van der Waals surface area contributed by atoms with Gasteiger partial charge in [0.05, 0.1) is 18.9 Å². The smallest absolute Gasteiger partial charge is 0.128 e. The van der Waals surface area contributed by atoms with Gasteiger partial charge in [0.15, 0.2) is 0 Å². The Morgan fingerprint density at radius 3 is 2.65 bits per heavy atom. The molecular formula is C22H28N2O2. The summed E-state index contributed by atoms with van der Waals surface area (Å²) in [6.07, 6.45) is 0.951. The third-order valence-corrected chi connectivity index (χ3v) is 4.34. The van der Waals surface area contributed by atoms with E-state index in [-0.39, 0.29) is 12.1 Å². The number of rotatable bonds is 7. The lowest BCUT2D eigenvalue weighted by molar-refractivity contribution is 0.283. The Bertz CT molecular complexity index is 862. The molecule has 0 saturated carbocycles. The van der Waals surface area contributed by atoms with Gasteiger partial charge in [0.2, 0.25) is 0 Å². The van der Waals surface area contributed by atoms with Crippen molar-refractivity contribution in [3.63, 3.8) is 0 Å². The molecule has 1 heterocycles. The van der Waals surface area contributed by atoms with E-state index in [1.807, 2.05) is 36.4 Å². The fourth-order valence-corrected chi connectivity index (χ4v) is 3.03. The van der Waals surface area contributed by atoms with Crippen molar-refractivity contribution in [2.75, 3.05) is 13.2 Å². The van der Waals surface area contributed by atoms with Crippen molar-refractivity contribution < 1.29 is 9.84 Å². The van der Waals surface area contributed by atoms with Crippen LogP contribution in [0.5, 0.6) is 5.75 Å². The molecule has 0 aliphatic heterocycles. The number of benzene rings is 2. The van der Waals surface area contributed by atoms with Crippen molar-refractivity contribution in [1.82, 2.24) is 10.3 Å². The van der Waals surface area contributed by atoms with Gasteiger partial charge < -0.3 is 20.1 Å². The summed E-state index contributed by atoms with van der Waals surface area (Å²) >= 11 is 0. The number of H-pyrrole nitrogens is 1. The summed E-state index contributed by atoms with van der Waals surface area (Å²) in [5, 5.41) is 14.1. The molecule has 0 aliphatic carbocycles. The van der Waals surface area contributed by atoms with Gasteiger partial charge in [0, 0.05) is 22.0 Å². The lowest BCUT2D eigenvalue weighted by Gasteiger charge is -2.20. The molecule has 3 aromatic rings. The molecule has 4 nitrogen and oxygen atoms in total. The molecule has 0 atom stereocenters. The Morgan fingerprint density at radius 1 is 1.08 bits per heavy atom. The maximum absolute atomic E-state index is 9.55. The summed E-state index contributed by atoms with van der Waals surface area (Å²) < 4.78 is 6.05. The second kappa shape index (κ2) is 7.94. The number of aliphatic hydroxyl groups is 1. The number of para-hydroxylation sites is 1. The van der Waals surface area contributed by atoms with Crippen LogP contribution in [0.1, 0.15) is 32.8 Å². The van der Waals surface area contributed by atoms with E-state index < -0.39 is 0 Å². The molecule has 0 saturated heterocycles. The molecule has 3 rings (SSSR count). The molecular weight excluding hydrogens is 324 g/mol. The van der Waals surface area contributed by atoms with E-state index in [1.54, 1.807) is 0 Å². The van der Waals surface area contributed by atoms with Crippen LogP contribution in [-0.4, -0.2) is 28.8 Å². The molecule has 2 aromatic carbocycles. The minimum absolute atomic E-state index is 0.0353. The van der Waals surface area contributed by atoms with Crippen LogP contribution in [0.4, 0.5) is 0 Å². The molecule has 0 radical (unpaired) electrons. The molecule has 26 heavy (non-hydrogen) atoms. The van der Waals surface area contributed by atoms with Gasteiger partial charge in [0.1, 0.15) is 5.75 Å². The van der Waals surface area contributed by atoms with Gasteiger partial charge in [-0.15, -0.1) is 0 Å². The molecule has 0 amide bonds. The Balaban J connectivity index is 1.75. The van der Waals surface area contributed by atoms with Crippen molar-refractivity contribution in [3.05, 3.63) is 54.1 Å². The summed E-state index contributed by atoms with van der Waals surface area (Å²) in [6.45, 7) is 8.13. The van der Waals surface area contributed by atoms with Crippen molar-refractivity contribution in [1.29, 1.82) is 0 Å². The van der Waals surface area contributed by atoms with Crippen molar-refractivity contribution in [2.45, 2.75) is 39.3 Å². The Kier molecular flexibility index (Phi) is 5.64. The van der Waals surface area contributed by atoms with Crippen molar-refractivity contribution in [2.24, 2.45) is 0 Å². The number of aromatic amines is 1. The molecule has 3 N–H and O–H groups in total. The normalized spacial score (nSPS) is 11.8. The number of aromatic nitrogens is 1. The van der Waals surface area contributed by atoms with Crippen LogP contribution in [0.2, 0.25) is 0 Å². The Morgan fingerprint density at radius 2 is 1.88 bits per heavy atom. The summed E-state index contributed by atoms with van der Waals surface area (Å²) in [4.78, 5) is 3.45. The lowest BCUT2D eigenvalue weighted by atomic mass is 10.1. The first-order chi connectivity index (χ1) is 12.5. The fraction of sp³-hybridized carbons (Fsp3) is 0.364. The second-order valence-corrected chi connectivity index (χ2v) is 7.59. The SMILES string of the molecule is CC(C)(C)NCCCOc1ccccc1-c1cc2c(CO)cccc2[nH]1. The zero-order chi connectivity index (χ0) is 18.6. The van der Waals surface area contributed by atoms with Crippen LogP contribution in [0.25, 0.3) is 22.2 Å². The third-order valence-electron chi connectivity index (χ3n) is 4.34. The van der Waals surface area contributed by atoms with Crippen LogP contribution in [0.15, 0.2) is 48.5 Å². The minimum Gasteiger partial charge on any atom is -0.493 e. The van der Waals surface area contributed by atoms with Gasteiger partial charge in [0.25, 0.3) is 0 Å². The van der Waals surface area contributed by atoms with E-state index in [1.165, 1.54) is 0 Å². The number of hydrogen-bond acceptors (Lipinski definition) is 3. The first-order valence-corrected chi connectivity index (χ1v) is 9.16. The monoisotopic (exact) mass is 352 g/mol. The predicted octanol–water partition coefficient (Wildman–Crippen LogP) is 4.48. The molecule has 4 heteroatoms. The van der Waals surface area contributed by atoms with Gasteiger partial charge in [-0.05, 0) is 63.6 Å². The second-order valence-electron chi connectivity index (χ2n) is 7.59. The summed E-state index contributed by atoms with van der Waals surface area (Å²) in [5.41, 5.74) is 4.13. The van der Waals surface area contributed by atoms with Gasteiger partial charge in [-0.1, -0.05) is 24.3 Å². The number of aliphatic hydroxyl groups excluding tert-OH is 1. The zero-order valence-corrected chi connectivity index (χ0v) is 15.8. The minimum atomic E-state index is 0.0353. The highest BCUT2D eigenvalue weighted by molar-refractivity contribution is 5.89. The number of nitrogens with one attached hydrogen (secondary N) is 2. The Labute approximate surface area is 155 Å². The number of fused-ring (bicyclic) bond motifs is 1. The average Bonchev–Trinajstić information content (AvgIpc) is 3.05. The highest BCUT2D eigenvalue weighted by Crippen LogP contribution is 2.32. The standard InChI is InChI=1S/C22H28N2O2/c1-22(2,3)23-12-7-13-26-21-11-5-4-9-17(21)20-14-18-16(15-25)8-6-10-19(18)24-20/h4-6,8-11,14,23-25H,7,12-13,15H2,1-3H3. The fourth-order valence-electron chi connectivity index (χ4n) is 3.03. The van der Waals surface area contributed by atoms with Gasteiger partial charge in [-0.25, -0.2) is 0 Å². The highest BCUT2D eigenvalue weighted by Gasteiger charge is 2.11. The maximum atomic E-state index is 9.55. The zero-order valence-electron chi connectivity index (χ0n) is 15.8. The van der Waals surface area contributed by atoms with Gasteiger partial charge in [-0.2, -0.15) is 0 Å². The largest absolute Gasteiger partial charge is 0.493 e. The first kappa shape index (κ1) is 18.5. The third kappa shape index (κ3) is 4.45. The molecule has 0 bridgehead atoms. The molecule has 138 valence electrons. The van der Waals surface area contributed by atoms with Crippen LogP contribution in [0, 0.1) is 0 Å². The summed E-state index contributed by atoms with van der Waals surface area (Å²) in [5.74, 6) is 0.875. The van der Waals surface area contributed by atoms with Crippen LogP contribution in [0.3, 0.4) is 0 Å². The Hall–Kier alpha value is -2.30. The van der Waals surface area contributed by atoms with E-state index in [0.29, 0.717) is 6.61 Å². The summed E-state index contributed by atoms with van der Waals surface area (Å²) in [6, 6.07) is 16.1. The van der Waals surface area contributed by atoms with E-state index in [4.69, 9.17) is 4.74 Å². The molecule has 0 spiro atoms. The predicted molar refractivity (Wildman–Crippen MR) is 108 cm³/mol. The highest BCUT2D eigenvalue weighted by atomic mass is 16.5. The first-order valence-electron chi connectivity index (χ1n) is 9.16. The average molecular weight is 352 g/mol. The van der Waals surface area contributed by atoms with Crippen LogP contribution < -0.4 is 10.1 Å². The summed E-state index contributed by atoms with van der Waals surface area (Å²) in [7, 11) is 0. The molecule has 1 aromatic heterocycles. The van der Waals surface area contributed by atoms with E-state index in [2.05, 4.69) is 43.2 Å². The van der Waals surface area contributed by atoms with Crippen LogP contribution >= 0.6 is 0 Å².